The molecule has 0 unspecified atom stereocenters. The molecule has 0 fully saturated rings. The van der Waals surface area contributed by atoms with E-state index in [1.54, 1.807) is 13.0 Å². The van der Waals surface area contributed by atoms with Crippen molar-refractivity contribution in [3.8, 4) is 0 Å². The van der Waals surface area contributed by atoms with Crippen LogP contribution < -0.4 is 0 Å². The molecule has 19 heavy (non-hydrogen) atoms. The summed E-state index contributed by atoms with van der Waals surface area (Å²) in [5.41, 5.74) is 1.29. The van der Waals surface area contributed by atoms with E-state index in [1.165, 1.54) is 0 Å². The predicted octanol–water partition coefficient (Wildman–Crippen LogP) is 2.66. The van der Waals surface area contributed by atoms with Gasteiger partial charge in [-0.15, -0.1) is 0 Å². The van der Waals surface area contributed by atoms with Crippen LogP contribution in [0.5, 0.6) is 0 Å². The minimum atomic E-state index is -1.02. The minimum Gasteiger partial charge on any atom is -0.478 e. The van der Waals surface area contributed by atoms with Crippen molar-refractivity contribution in [3.63, 3.8) is 0 Å². The summed E-state index contributed by atoms with van der Waals surface area (Å²) >= 11 is 0. The first-order valence-electron chi connectivity index (χ1n) is 5.82. The lowest BCUT2D eigenvalue weighted by molar-refractivity contribution is -0.139. The summed E-state index contributed by atoms with van der Waals surface area (Å²) in [6.45, 7) is 5.02. The van der Waals surface area contributed by atoms with Gasteiger partial charge in [0.2, 0.25) is 0 Å². The summed E-state index contributed by atoms with van der Waals surface area (Å²) in [5, 5.41) is 9.08. The summed E-state index contributed by atoms with van der Waals surface area (Å²) in [7, 11) is 0. The highest BCUT2D eigenvalue weighted by atomic mass is 16.5. The zero-order chi connectivity index (χ0) is 14.3. The Bertz CT molecular complexity index is 500. The van der Waals surface area contributed by atoms with E-state index in [-0.39, 0.29) is 18.6 Å². The second-order valence-corrected chi connectivity index (χ2v) is 4.05. The Balaban J connectivity index is 2.65. The summed E-state index contributed by atoms with van der Waals surface area (Å²) in [4.78, 5) is 22.3. The third-order valence-electron chi connectivity index (χ3n) is 2.37. The lowest BCUT2D eigenvalue weighted by Crippen LogP contribution is -2.09. The molecule has 0 aromatic heterocycles. The van der Waals surface area contributed by atoms with E-state index in [1.807, 2.05) is 30.3 Å². The number of benzene rings is 1. The van der Waals surface area contributed by atoms with Gasteiger partial charge in [-0.1, -0.05) is 36.9 Å². The number of esters is 1. The number of hydrogen-bond acceptors (Lipinski definition) is 3. The molecule has 4 nitrogen and oxygen atoms in total. The first-order chi connectivity index (χ1) is 9.00. The fourth-order valence-corrected chi connectivity index (χ4v) is 1.37. The van der Waals surface area contributed by atoms with Crippen LogP contribution in [0.2, 0.25) is 0 Å². The highest BCUT2D eigenvalue weighted by Gasteiger charge is 2.09. The Morgan fingerprint density at radius 2 is 1.95 bits per heavy atom. The molecule has 0 amide bonds. The Kier molecular flexibility index (Phi) is 5.54. The molecule has 0 radical (unpaired) electrons. The van der Waals surface area contributed by atoms with Gasteiger partial charge in [-0.2, -0.15) is 0 Å². The Hall–Kier alpha value is -2.36. The van der Waals surface area contributed by atoms with Gasteiger partial charge in [0.15, 0.2) is 0 Å². The number of carbonyl (C=O) groups excluding carboxylic acids is 1. The van der Waals surface area contributed by atoms with Crippen molar-refractivity contribution in [1.29, 1.82) is 0 Å². The molecular formula is C15H16O4. The van der Waals surface area contributed by atoms with Crippen molar-refractivity contribution in [2.45, 2.75) is 13.3 Å². The monoisotopic (exact) mass is 260 g/mol. The van der Waals surface area contributed by atoms with Crippen molar-refractivity contribution >= 4 is 18.0 Å². The summed E-state index contributed by atoms with van der Waals surface area (Å²) in [6.07, 6.45) is 1.72. The van der Waals surface area contributed by atoms with Crippen molar-refractivity contribution < 1.29 is 19.4 Å². The number of hydrogen-bond donors (Lipinski definition) is 1. The van der Waals surface area contributed by atoms with E-state index >= 15 is 0 Å². The molecule has 1 aromatic rings. The quantitative estimate of drug-likeness (QED) is 0.631. The van der Waals surface area contributed by atoms with Crippen LogP contribution in [0.4, 0.5) is 0 Å². The summed E-state index contributed by atoms with van der Waals surface area (Å²) in [6, 6.07) is 9.12. The van der Waals surface area contributed by atoms with Crippen molar-refractivity contribution in [1.82, 2.24) is 0 Å². The van der Waals surface area contributed by atoms with Gasteiger partial charge in [-0.3, -0.25) is 0 Å². The molecular weight excluding hydrogens is 244 g/mol. The van der Waals surface area contributed by atoms with Crippen LogP contribution in [-0.2, 0) is 14.3 Å². The number of carboxylic acids is 1. The highest BCUT2D eigenvalue weighted by molar-refractivity contribution is 5.92. The van der Waals surface area contributed by atoms with Gasteiger partial charge in [0.1, 0.15) is 0 Å². The molecule has 1 N–H and O–H groups in total. The van der Waals surface area contributed by atoms with Crippen LogP contribution in [0.25, 0.3) is 6.08 Å². The standard InChI is InChI=1S/C15H16O4/c1-11(2)15(18)19-9-8-13(14(16)17)10-12-6-4-3-5-7-12/h3-7,10H,1,8-9H2,2H3,(H,16,17). The maximum Gasteiger partial charge on any atom is 0.333 e. The number of carbonyl (C=O) groups is 2. The van der Waals surface area contributed by atoms with Crippen molar-refractivity contribution in [2.75, 3.05) is 6.61 Å². The Morgan fingerprint density at radius 1 is 1.32 bits per heavy atom. The zero-order valence-corrected chi connectivity index (χ0v) is 10.8. The molecule has 0 saturated heterocycles. The van der Waals surface area contributed by atoms with E-state index < -0.39 is 11.9 Å². The molecule has 0 heterocycles. The molecule has 0 bridgehead atoms. The molecule has 100 valence electrons. The molecule has 4 heteroatoms. The average molecular weight is 260 g/mol. The molecule has 0 spiro atoms. The van der Waals surface area contributed by atoms with Crippen LogP contribution >= 0.6 is 0 Å². The molecule has 0 aliphatic rings. The largest absolute Gasteiger partial charge is 0.478 e. The molecule has 1 rings (SSSR count). The second-order valence-electron chi connectivity index (χ2n) is 4.05. The molecule has 0 saturated carbocycles. The van der Waals surface area contributed by atoms with Crippen LogP contribution in [0.1, 0.15) is 18.9 Å². The zero-order valence-electron chi connectivity index (χ0n) is 10.8. The second kappa shape index (κ2) is 7.16. The van der Waals surface area contributed by atoms with Crippen LogP contribution in [0.3, 0.4) is 0 Å². The van der Waals surface area contributed by atoms with E-state index in [9.17, 15) is 9.59 Å². The fourth-order valence-electron chi connectivity index (χ4n) is 1.37. The van der Waals surface area contributed by atoms with E-state index in [2.05, 4.69) is 6.58 Å². The maximum atomic E-state index is 11.2. The summed E-state index contributed by atoms with van der Waals surface area (Å²) < 4.78 is 4.88. The number of carboxylic acid groups (broad SMARTS) is 1. The maximum absolute atomic E-state index is 11.2. The Labute approximate surface area is 112 Å². The van der Waals surface area contributed by atoms with Gasteiger partial charge in [0.05, 0.1) is 6.61 Å². The van der Waals surface area contributed by atoms with Crippen molar-refractivity contribution in [2.24, 2.45) is 0 Å². The van der Waals surface area contributed by atoms with Crippen LogP contribution in [0.15, 0.2) is 48.1 Å². The number of rotatable bonds is 6. The first kappa shape index (κ1) is 14.7. The van der Waals surface area contributed by atoms with Gasteiger partial charge in [-0.05, 0) is 18.6 Å². The fraction of sp³-hybridized carbons (Fsp3) is 0.200. The van der Waals surface area contributed by atoms with Crippen molar-refractivity contribution in [3.05, 3.63) is 53.6 Å². The number of aliphatic carboxylic acids is 1. The lowest BCUT2D eigenvalue weighted by atomic mass is 10.1. The minimum absolute atomic E-state index is 0.0245. The molecule has 1 aromatic carbocycles. The number of ether oxygens (including phenoxy) is 1. The topological polar surface area (TPSA) is 63.6 Å². The highest BCUT2D eigenvalue weighted by Crippen LogP contribution is 2.10. The Morgan fingerprint density at radius 3 is 2.47 bits per heavy atom. The van der Waals surface area contributed by atoms with E-state index in [4.69, 9.17) is 9.84 Å². The van der Waals surface area contributed by atoms with Gasteiger partial charge in [0.25, 0.3) is 0 Å². The average Bonchev–Trinajstić information content (AvgIpc) is 2.38. The third kappa shape index (κ3) is 5.21. The van der Waals surface area contributed by atoms with E-state index in [0.29, 0.717) is 5.57 Å². The van der Waals surface area contributed by atoms with Gasteiger partial charge >= 0.3 is 11.9 Å². The molecule has 0 aliphatic carbocycles. The van der Waals surface area contributed by atoms with Gasteiger partial charge < -0.3 is 9.84 Å². The van der Waals surface area contributed by atoms with Gasteiger partial charge in [-0.25, -0.2) is 9.59 Å². The smallest absolute Gasteiger partial charge is 0.333 e. The third-order valence-corrected chi connectivity index (χ3v) is 2.37. The SMILES string of the molecule is C=C(C)C(=O)OCCC(=Cc1ccccc1)C(=O)O. The molecule has 0 atom stereocenters. The molecule has 0 aliphatic heterocycles. The van der Waals surface area contributed by atoms with Crippen LogP contribution in [0, 0.1) is 0 Å². The predicted molar refractivity (Wildman–Crippen MR) is 72.4 cm³/mol. The van der Waals surface area contributed by atoms with Gasteiger partial charge in [0, 0.05) is 17.6 Å². The normalized spacial score (nSPS) is 10.9. The summed E-state index contributed by atoms with van der Waals surface area (Å²) in [5.74, 6) is -1.53. The van der Waals surface area contributed by atoms with Crippen LogP contribution in [-0.4, -0.2) is 23.7 Å². The van der Waals surface area contributed by atoms with E-state index in [0.717, 1.165) is 5.56 Å². The first-order valence-corrected chi connectivity index (χ1v) is 5.82. The lowest BCUT2D eigenvalue weighted by Gasteiger charge is -2.05.